The zero-order valence-corrected chi connectivity index (χ0v) is 19.1. The van der Waals surface area contributed by atoms with Gasteiger partial charge in [-0.25, -0.2) is 9.69 Å². The first kappa shape index (κ1) is 22.6. The number of hydrogen-bond acceptors (Lipinski definition) is 4. The second-order valence-corrected chi connectivity index (χ2v) is 8.11. The fourth-order valence-corrected chi connectivity index (χ4v) is 3.70. The molecule has 1 saturated heterocycles. The maximum atomic E-state index is 13.1. The Kier molecular flexibility index (Phi) is 6.53. The van der Waals surface area contributed by atoms with Gasteiger partial charge < -0.3 is 9.30 Å². The number of amides is 4. The van der Waals surface area contributed by atoms with E-state index in [9.17, 15) is 14.4 Å². The van der Waals surface area contributed by atoms with Crippen LogP contribution in [0.2, 0.25) is 10.0 Å². The van der Waals surface area contributed by atoms with Crippen LogP contribution in [-0.4, -0.2) is 29.0 Å². The van der Waals surface area contributed by atoms with Gasteiger partial charge in [0.25, 0.3) is 11.8 Å². The fraction of sp³-hybridized carbons (Fsp3) is 0.125. The molecule has 9 heteroatoms. The van der Waals surface area contributed by atoms with Crippen LogP contribution in [0.3, 0.4) is 0 Å². The number of barbiturate groups is 1. The highest BCUT2D eigenvalue weighted by molar-refractivity contribution is 6.39. The van der Waals surface area contributed by atoms with Crippen molar-refractivity contribution in [3.8, 4) is 5.75 Å². The Balaban J connectivity index is 1.55. The maximum Gasteiger partial charge on any atom is 0.335 e. The normalized spacial score (nSPS) is 15.2. The third-order valence-corrected chi connectivity index (χ3v) is 5.82. The van der Waals surface area contributed by atoms with E-state index >= 15 is 0 Å². The summed E-state index contributed by atoms with van der Waals surface area (Å²) in [5.41, 5.74) is 1.51. The Morgan fingerprint density at radius 1 is 1.00 bits per heavy atom. The largest absolute Gasteiger partial charge is 0.490 e. The molecule has 1 aliphatic heterocycles. The molecule has 1 N–H and O–H groups in total. The lowest BCUT2D eigenvalue weighted by Crippen LogP contribution is -2.54. The van der Waals surface area contributed by atoms with E-state index in [-0.39, 0.29) is 11.3 Å². The molecule has 3 aromatic rings. The number of nitrogens with one attached hydrogen (secondary N) is 1. The van der Waals surface area contributed by atoms with Crippen molar-refractivity contribution in [1.29, 1.82) is 0 Å². The highest BCUT2D eigenvalue weighted by Crippen LogP contribution is 2.27. The van der Waals surface area contributed by atoms with Gasteiger partial charge in [0.2, 0.25) is 0 Å². The number of benzene rings is 2. The van der Waals surface area contributed by atoms with Crippen molar-refractivity contribution in [3.63, 3.8) is 0 Å². The summed E-state index contributed by atoms with van der Waals surface area (Å²) in [7, 11) is 0. The van der Waals surface area contributed by atoms with Crippen LogP contribution in [-0.2, 0) is 16.1 Å². The topological polar surface area (TPSA) is 80.6 Å². The van der Waals surface area contributed by atoms with Gasteiger partial charge in [-0.05, 0) is 55.0 Å². The molecule has 1 aromatic heterocycles. The number of anilines is 1. The molecule has 1 aliphatic rings. The molecule has 0 radical (unpaired) electrons. The van der Waals surface area contributed by atoms with Crippen LogP contribution < -0.4 is 15.0 Å². The zero-order chi connectivity index (χ0) is 23.5. The van der Waals surface area contributed by atoms with E-state index in [1.54, 1.807) is 42.6 Å². The van der Waals surface area contributed by atoms with E-state index in [0.717, 1.165) is 10.5 Å². The average molecular weight is 484 g/mol. The van der Waals surface area contributed by atoms with Crippen molar-refractivity contribution in [2.75, 3.05) is 11.5 Å². The van der Waals surface area contributed by atoms with Crippen molar-refractivity contribution in [3.05, 3.63) is 87.7 Å². The van der Waals surface area contributed by atoms with Crippen LogP contribution in [0, 0.1) is 6.92 Å². The molecule has 0 saturated carbocycles. The van der Waals surface area contributed by atoms with Crippen LogP contribution in [0.15, 0.2) is 66.4 Å². The first-order valence-electron chi connectivity index (χ1n) is 10.1. The number of nitrogens with zero attached hydrogens (tertiary/aromatic N) is 2. The predicted octanol–water partition coefficient (Wildman–Crippen LogP) is 4.85. The number of halogens is 2. The Morgan fingerprint density at radius 3 is 2.55 bits per heavy atom. The molecule has 33 heavy (non-hydrogen) atoms. The third-order valence-electron chi connectivity index (χ3n) is 5.10. The first-order chi connectivity index (χ1) is 15.8. The predicted molar refractivity (Wildman–Crippen MR) is 127 cm³/mol. The highest BCUT2D eigenvalue weighted by Gasteiger charge is 2.37. The van der Waals surface area contributed by atoms with Gasteiger partial charge in [0, 0.05) is 16.9 Å². The number of carbonyl (C=O) groups excluding carboxylic acids is 3. The van der Waals surface area contributed by atoms with E-state index in [4.69, 9.17) is 27.9 Å². The molecule has 0 aliphatic carbocycles. The molecule has 2 heterocycles. The van der Waals surface area contributed by atoms with E-state index in [1.165, 1.54) is 12.1 Å². The third kappa shape index (κ3) is 4.79. The molecule has 4 amide bonds. The lowest BCUT2D eigenvalue weighted by Gasteiger charge is -2.26. The SMILES string of the molecule is Cc1ccc(N2C(=O)NC(=O)C(=Cc3cccn3CCOc3ccccc3Cl)C2=O)cc1Cl. The lowest BCUT2D eigenvalue weighted by molar-refractivity contribution is -0.122. The Bertz CT molecular complexity index is 1280. The number of aromatic nitrogens is 1. The van der Waals surface area contributed by atoms with Gasteiger partial charge >= 0.3 is 6.03 Å². The smallest absolute Gasteiger partial charge is 0.335 e. The Morgan fingerprint density at radius 2 is 1.79 bits per heavy atom. The summed E-state index contributed by atoms with van der Waals surface area (Å²) >= 11 is 12.3. The number of imide groups is 2. The van der Waals surface area contributed by atoms with Crippen LogP contribution in [0.1, 0.15) is 11.3 Å². The van der Waals surface area contributed by atoms with Crippen molar-refractivity contribution >= 4 is 52.8 Å². The van der Waals surface area contributed by atoms with Crippen molar-refractivity contribution in [2.24, 2.45) is 0 Å². The summed E-state index contributed by atoms with van der Waals surface area (Å²) in [4.78, 5) is 38.9. The molecule has 0 unspecified atom stereocenters. The number of aryl methyl sites for hydroxylation is 1. The average Bonchev–Trinajstić information content (AvgIpc) is 3.22. The molecule has 7 nitrogen and oxygen atoms in total. The summed E-state index contributed by atoms with van der Waals surface area (Å²) in [6.45, 7) is 2.58. The van der Waals surface area contributed by atoms with E-state index < -0.39 is 17.8 Å². The summed E-state index contributed by atoms with van der Waals surface area (Å²) < 4.78 is 7.55. The Labute approximate surface area is 200 Å². The number of urea groups is 1. The van der Waals surface area contributed by atoms with Crippen LogP contribution in [0.25, 0.3) is 6.08 Å². The molecular weight excluding hydrogens is 465 g/mol. The number of hydrogen-bond donors (Lipinski definition) is 1. The molecule has 4 rings (SSSR count). The summed E-state index contributed by atoms with van der Waals surface area (Å²) in [5, 5.41) is 3.13. The van der Waals surface area contributed by atoms with E-state index in [2.05, 4.69) is 5.32 Å². The molecule has 0 atom stereocenters. The van der Waals surface area contributed by atoms with Gasteiger partial charge in [-0.2, -0.15) is 0 Å². The lowest BCUT2D eigenvalue weighted by atomic mass is 10.1. The van der Waals surface area contributed by atoms with Gasteiger partial charge in [0.05, 0.1) is 17.3 Å². The summed E-state index contributed by atoms with van der Waals surface area (Å²) in [6.07, 6.45) is 3.25. The highest BCUT2D eigenvalue weighted by atomic mass is 35.5. The van der Waals surface area contributed by atoms with Crippen LogP contribution in [0.5, 0.6) is 5.75 Å². The van der Waals surface area contributed by atoms with Gasteiger partial charge in [-0.15, -0.1) is 0 Å². The van der Waals surface area contributed by atoms with E-state index in [1.807, 2.05) is 23.6 Å². The monoisotopic (exact) mass is 483 g/mol. The van der Waals surface area contributed by atoms with Crippen LogP contribution in [0.4, 0.5) is 10.5 Å². The van der Waals surface area contributed by atoms with Gasteiger partial charge in [0.15, 0.2) is 0 Å². The van der Waals surface area contributed by atoms with Crippen molar-refractivity contribution in [1.82, 2.24) is 9.88 Å². The molecule has 1 fully saturated rings. The van der Waals surface area contributed by atoms with Crippen molar-refractivity contribution < 1.29 is 19.1 Å². The van der Waals surface area contributed by atoms with Gasteiger partial charge in [-0.1, -0.05) is 41.4 Å². The first-order valence-corrected chi connectivity index (χ1v) is 10.8. The minimum Gasteiger partial charge on any atom is -0.490 e. The zero-order valence-electron chi connectivity index (χ0n) is 17.5. The molecule has 0 spiro atoms. The van der Waals surface area contributed by atoms with E-state index in [0.29, 0.717) is 34.6 Å². The number of rotatable bonds is 6. The van der Waals surface area contributed by atoms with Crippen molar-refractivity contribution in [2.45, 2.75) is 13.5 Å². The van der Waals surface area contributed by atoms with Crippen LogP contribution >= 0.6 is 23.2 Å². The minimum absolute atomic E-state index is 0.168. The number of para-hydroxylation sites is 1. The molecule has 168 valence electrons. The molecular formula is C24H19Cl2N3O4. The fourth-order valence-electron chi connectivity index (χ4n) is 3.34. The quantitative estimate of drug-likeness (QED) is 0.401. The minimum atomic E-state index is -0.828. The van der Waals surface area contributed by atoms with Gasteiger partial charge in [0.1, 0.15) is 17.9 Å². The summed E-state index contributed by atoms with van der Waals surface area (Å²) in [5.74, 6) is -0.928. The number of carbonyl (C=O) groups is 3. The standard InChI is InChI=1S/C24H19Cl2N3O4/c1-15-8-9-17(14-20(15)26)29-23(31)18(22(30)27-24(29)32)13-16-5-4-10-28(16)11-12-33-21-7-3-2-6-19(21)25/h2-10,13-14H,11-12H2,1H3,(H,27,30,32). The maximum absolute atomic E-state index is 13.1. The Hall–Kier alpha value is -3.55. The summed E-state index contributed by atoms with van der Waals surface area (Å²) in [6, 6.07) is 14.7. The molecule has 2 aromatic carbocycles. The van der Waals surface area contributed by atoms with Gasteiger partial charge in [-0.3, -0.25) is 14.9 Å². The molecule has 0 bridgehead atoms. The second kappa shape index (κ2) is 9.52. The second-order valence-electron chi connectivity index (χ2n) is 7.30. The number of ether oxygens (including phenoxy) is 1.